The van der Waals surface area contributed by atoms with Crippen molar-refractivity contribution in [1.82, 2.24) is 24.3 Å². The molecule has 156 valence electrons. The van der Waals surface area contributed by atoms with E-state index < -0.39 is 0 Å². The first kappa shape index (κ1) is 19.5. The number of pyridine rings is 1. The lowest BCUT2D eigenvalue weighted by molar-refractivity contribution is 1.00. The molecule has 0 atom stereocenters. The predicted molar refractivity (Wildman–Crippen MR) is 126 cm³/mol. The molecule has 4 aromatic heterocycles. The summed E-state index contributed by atoms with van der Waals surface area (Å²) in [6, 6.07) is 12.2. The van der Waals surface area contributed by atoms with Crippen LogP contribution in [0.1, 0.15) is 23.7 Å². The number of nitrogens with zero attached hydrogens (tertiary/aromatic N) is 5. The van der Waals surface area contributed by atoms with Gasteiger partial charge in [0.05, 0.1) is 23.1 Å². The molecule has 0 aliphatic carbocycles. The highest BCUT2D eigenvalue weighted by atomic mass is 15.1. The van der Waals surface area contributed by atoms with E-state index in [2.05, 4.69) is 57.3 Å². The number of nitriles is 1. The SMILES string of the molecule is C=C(C)c1cnc2c(NCCc3c[nH]c4ccccc34)nc(-c3cncc(C#N)c3)cn12. The summed E-state index contributed by atoms with van der Waals surface area (Å²) in [5.74, 6) is 0.678. The van der Waals surface area contributed by atoms with E-state index in [4.69, 9.17) is 4.98 Å². The van der Waals surface area contributed by atoms with Crippen molar-refractivity contribution in [2.24, 2.45) is 0 Å². The van der Waals surface area contributed by atoms with Crippen LogP contribution in [0.2, 0.25) is 0 Å². The predicted octanol–water partition coefficient (Wildman–Crippen LogP) is 4.83. The van der Waals surface area contributed by atoms with E-state index >= 15 is 0 Å². The Morgan fingerprint density at radius 3 is 2.97 bits per heavy atom. The Morgan fingerprint density at radius 2 is 2.12 bits per heavy atom. The molecule has 0 aliphatic rings. The second kappa shape index (κ2) is 8.00. The summed E-state index contributed by atoms with van der Waals surface area (Å²) in [5.41, 5.74) is 6.89. The molecule has 0 saturated carbocycles. The van der Waals surface area contributed by atoms with Crippen LogP contribution in [0.3, 0.4) is 0 Å². The molecule has 7 heteroatoms. The van der Waals surface area contributed by atoms with Crippen molar-refractivity contribution >= 4 is 27.9 Å². The van der Waals surface area contributed by atoms with Crippen molar-refractivity contribution < 1.29 is 0 Å². The molecule has 0 aliphatic heterocycles. The molecular formula is C25H21N7. The number of imidazole rings is 1. The Bertz CT molecular complexity index is 1500. The van der Waals surface area contributed by atoms with Crippen molar-refractivity contribution in [3.8, 4) is 17.3 Å². The highest BCUT2D eigenvalue weighted by molar-refractivity contribution is 5.83. The smallest absolute Gasteiger partial charge is 0.180 e. The molecule has 5 rings (SSSR count). The third kappa shape index (κ3) is 3.48. The maximum absolute atomic E-state index is 9.25. The van der Waals surface area contributed by atoms with Crippen LogP contribution >= 0.6 is 0 Å². The van der Waals surface area contributed by atoms with Crippen LogP contribution in [-0.2, 0) is 6.42 Å². The van der Waals surface area contributed by atoms with Gasteiger partial charge in [0.1, 0.15) is 6.07 Å². The number of hydrogen-bond acceptors (Lipinski definition) is 5. The number of benzene rings is 1. The molecule has 32 heavy (non-hydrogen) atoms. The third-order valence-electron chi connectivity index (χ3n) is 5.45. The van der Waals surface area contributed by atoms with E-state index in [0.29, 0.717) is 23.6 Å². The van der Waals surface area contributed by atoms with Gasteiger partial charge in [-0.05, 0) is 36.6 Å². The number of H-pyrrole nitrogens is 1. The van der Waals surface area contributed by atoms with Crippen LogP contribution < -0.4 is 5.32 Å². The average Bonchev–Trinajstić information content (AvgIpc) is 3.43. The van der Waals surface area contributed by atoms with Crippen molar-refractivity contribution in [3.63, 3.8) is 0 Å². The lowest BCUT2D eigenvalue weighted by atomic mass is 10.1. The molecule has 0 radical (unpaired) electrons. The molecule has 0 unspecified atom stereocenters. The van der Waals surface area contributed by atoms with Gasteiger partial charge in [-0.3, -0.25) is 9.38 Å². The Balaban J connectivity index is 1.51. The Hall–Kier alpha value is -4.44. The van der Waals surface area contributed by atoms with Crippen molar-refractivity contribution in [1.29, 1.82) is 5.26 Å². The topological polar surface area (TPSA) is 94.7 Å². The van der Waals surface area contributed by atoms with E-state index in [1.54, 1.807) is 24.7 Å². The summed E-state index contributed by atoms with van der Waals surface area (Å²) in [7, 11) is 0. The average molecular weight is 419 g/mol. The Labute approximate surface area is 185 Å². The molecule has 2 N–H and O–H groups in total. The van der Waals surface area contributed by atoms with Gasteiger partial charge in [0, 0.05) is 47.8 Å². The van der Waals surface area contributed by atoms with E-state index in [1.807, 2.05) is 23.6 Å². The molecule has 1 aromatic carbocycles. The number of allylic oxidation sites excluding steroid dienone is 1. The first-order valence-electron chi connectivity index (χ1n) is 10.3. The number of para-hydroxylation sites is 1. The number of aromatic amines is 1. The standard InChI is InChI=1S/C25H21N7/c1-16(2)23-14-30-25-24(28-8-7-18-13-29-21-6-4-3-5-20(18)21)31-22(15-32(23)25)19-9-17(10-26)11-27-12-19/h3-6,9,11-15,29H,1,7-8H2,2H3,(H,28,31). The number of anilines is 1. The summed E-state index contributed by atoms with van der Waals surface area (Å²) in [4.78, 5) is 16.9. The van der Waals surface area contributed by atoms with E-state index in [1.165, 1.54) is 10.9 Å². The fraction of sp³-hybridized carbons (Fsp3) is 0.120. The van der Waals surface area contributed by atoms with Gasteiger partial charge in [-0.1, -0.05) is 24.8 Å². The minimum atomic E-state index is 0.490. The fourth-order valence-corrected chi connectivity index (χ4v) is 3.86. The Morgan fingerprint density at radius 1 is 1.25 bits per heavy atom. The fourth-order valence-electron chi connectivity index (χ4n) is 3.86. The number of rotatable bonds is 6. The number of nitrogens with one attached hydrogen (secondary N) is 2. The minimum Gasteiger partial charge on any atom is -0.367 e. The molecule has 4 heterocycles. The summed E-state index contributed by atoms with van der Waals surface area (Å²) >= 11 is 0. The van der Waals surface area contributed by atoms with Gasteiger partial charge in [0.15, 0.2) is 11.5 Å². The van der Waals surface area contributed by atoms with Gasteiger partial charge in [-0.25, -0.2) is 9.97 Å². The second-order valence-corrected chi connectivity index (χ2v) is 7.70. The molecule has 0 saturated heterocycles. The van der Waals surface area contributed by atoms with Gasteiger partial charge in [-0.15, -0.1) is 0 Å². The van der Waals surface area contributed by atoms with Crippen LogP contribution in [0, 0.1) is 11.3 Å². The second-order valence-electron chi connectivity index (χ2n) is 7.70. The van der Waals surface area contributed by atoms with Gasteiger partial charge in [-0.2, -0.15) is 5.26 Å². The maximum atomic E-state index is 9.25. The van der Waals surface area contributed by atoms with Gasteiger partial charge in [0.25, 0.3) is 0 Å². The highest BCUT2D eigenvalue weighted by Crippen LogP contribution is 2.26. The van der Waals surface area contributed by atoms with Gasteiger partial charge < -0.3 is 10.3 Å². The molecule has 0 bridgehead atoms. The van der Waals surface area contributed by atoms with E-state index in [0.717, 1.165) is 34.4 Å². The monoisotopic (exact) mass is 419 g/mol. The summed E-state index contributed by atoms with van der Waals surface area (Å²) in [6.07, 6.45) is 9.86. The van der Waals surface area contributed by atoms with Crippen LogP contribution in [0.5, 0.6) is 0 Å². The van der Waals surface area contributed by atoms with Crippen LogP contribution in [-0.4, -0.2) is 30.9 Å². The summed E-state index contributed by atoms with van der Waals surface area (Å²) in [5, 5.41) is 13.9. The van der Waals surface area contributed by atoms with Crippen LogP contribution in [0.15, 0.2) is 67.9 Å². The third-order valence-corrected chi connectivity index (χ3v) is 5.45. The van der Waals surface area contributed by atoms with E-state index in [9.17, 15) is 5.26 Å². The van der Waals surface area contributed by atoms with Gasteiger partial charge in [0.2, 0.25) is 0 Å². The normalized spacial score (nSPS) is 11.0. The van der Waals surface area contributed by atoms with Gasteiger partial charge >= 0.3 is 0 Å². The number of aromatic nitrogens is 5. The molecule has 5 aromatic rings. The first-order chi connectivity index (χ1) is 15.6. The zero-order valence-electron chi connectivity index (χ0n) is 17.6. The Kier molecular flexibility index (Phi) is 4.88. The molecule has 0 spiro atoms. The lowest BCUT2D eigenvalue weighted by Gasteiger charge is -2.11. The first-order valence-corrected chi connectivity index (χ1v) is 10.3. The summed E-state index contributed by atoms with van der Waals surface area (Å²) in [6.45, 7) is 6.72. The van der Waals surface area contributed by atoms with E-state index in [-0.39, 0.29) is 0 Å². The quantitative estimate of drug-likeness (QED) is 0.411. The van der Waals surface area contributed by atoms with Crippen LogP contribution in [0.4, 0.5) is 5.82 Å². The molecule has 0 amide bonds. The van der Waals surface area contributed by atoms with Crippen molar-refractivity contribution in [2.45, 2.75) is 13.3 Å². The minimum absolute atomic E-state index is 0.490. The van der Waals surface area contributed by atoms with Crippen molar-refractivity contribution in [2.75, 3.05) is 11.9 Å². The summed E-state index contributed by atoms with van der Waals surface area (Å²) < 4.78 is 1.98. The van der Waals surface area contributed by atoms with Crippen molar-refractivity contribution in [3.05, 3.63) is 84.7 Å². The largest absolute Gasteiger partial charge is 0.367 e. The number of fused-ring (bicyclic) bond motifs is 2. The number of hydrogen-bond donors (Lipinski definition) is 2. The zero-order valence-corrected chi connectivity index (χ0v) is 17.6. The lowest BCUT2D eigenvalue weighted by Crippen LogP contribution is -2.09. The van der Waals surface area contributed by atoms with Crippen LogP contribution in [0.25, 0.3) is 33.4 Å². The molecule has 0 fully saturated rings. The zero-order chi connectivity index (χ0) is 22.1. The molecule has 7 nitrogen and oxygen atoms in total. The highest BCUT2D eigenvalue weighted by Gasteiger charge is 2.14. The molecular weight excluding hydrogens is 398 g/mol. The maximum Gasteiger partial charge on any atom is 0.180 e.